The Balaban J connectivity index is 1.30. The van der Waals surface area contributed by atoms with Crippen molar-refractivity contribution in [1.82, 2.24) is 29.2 Å². The van der Waals surface area contributed by atoms with Gasteiger partial charge in [-0.1, -0.05) is 0 Å². The first-order valence-electron chi connectivity index (χ1n) is 10.6. The van der Waals surface area contributed by atoms with E-state index in [1.54, 1.807) is 0 Å². The van der Waals surface area contributed by atoms with Crippen molar-refractivity contribution in [3.63, 3.8) is 0 Å². The van der Waals surface area contributed by atoms with E-state index in [0.29, 0.717) is 32.4 Å². The van der Waals surface area contributed by atoms with Crippen LogP contribution >= 0.6 is 0 Å². The highest BCUT2D eigenvalue weighted by Crippen LogP contribution is 2.53. The Hall–Kier alpha value is -3.38. The Morgan fingerprint density at radius 2 is 2.00 bits per heavy atom. The van der Waals surface area contributed by atoms with Crippen LogP contribution in [0.1, 0.15) is 41.4 Å². The summed E-state index contributed by atoms with van der Waals surface area (Å²) in [6.45, 7) is 0.0451. The van der Waals surface area contributed by atoms with Gasteiger partial charge in [0.2, 0.25) is 0 Å². The second kappa shape index (κ2) is 7.84. The zero-order valence-electron chi connectivity index (χ0n) is 17.7. The molecule has 0 N–H and O–H groups in total. The fraction of sp³-hybridized carbons (Fsp3) is 0.476. The minimum absolute atomic E-state index is 0.0186. The van der Waals surface area contributed by atoms with E-state index in [-0.39, 0.29) is 28.1 Å². The first-order valence-corrected chi connectivity index (χ1v) is 10.6. The van der Waals surface area contributed by atoms with E-state index in [0.717, 1.165) is 16.9 Å². The molecule has 13 heteroatoms. The lowest BCUT2D eigenvalue weighted by atomic mass is 9.65. The van der Waals surface area contributed by atoms with E-state index in [4.69, 9.17) is 0 Å². The fourth-order valence-corrected chi connectivity index (χ4v) is 5.00. The van der Waals surface area contributed by atoms with Gasteiger partial charge in [0.1, 0.15) is 17.8 Å². The number of alkyl halides is 5. The van der Waals surface area contributed by atoms with Crippen LogP contribution in [-0.4, -0.2) is 54.6 Å². The summed E-state index contributed by atoms with van der Waals surface area (Å²) in [6.07, 6.45) is -1.90. The molecule has 0 aromatic carbocycles. The van der Waals surface area contributed by atoms with Gasteiger partial charge in [0.15, 0.2) is 5.52 Å². The van der Waals surface area contributed by atoms with Gasteiger partial charge in [-0.15, -0.1) is 0 Å². The maximum atomic E-state index is 13.0. The fourth-order valence-electron chi connectivity index (χ4n) is 5.00. The molecule has 180 valence electrons. The third-order valence-electron chi connectivity index (χ3n) is 6.64. The number of pyridine rings is 1. The summed E-state index contributed by atoms with van der Waals surface area (Å²) in [5.74, 6) is -0.496. The molecule has 1 amide bonds. The van der Waals surface area contributed by atoms with Crippen LogP contribution in [0.4, 0.5) is 22.0 Å². The quantitative estimate of drug-likeness (QED) is 0.534. The van der Waals surface area contributed by atoms with Crippen LogP contribution in [0, 0.1) is 5.41 Å². The Bertz CT molecular complexity index is 1310. The summed E-state index contributed by atoms with van der Waals surface area (Å²) >= 11 is 0. The van der Waals surface area contributed by atoms with Gasteiger partial charge in [-0.3, -0.25) is 23.8 Å². The number of hydrogen-bond donors (Lipinski definition) is 0. The van der Waals surface area contributed by atoms with Crippen molar-refractivity contribution in [2.45, 2.75) is 44.5 Å². The van der Waals surface area contributed by atoms with Crippen LogP contribution in [0.3, 0.4) is 0 Å². The lowest BCUT2D eigenvalue weighted by molar-refractivity contribution is -0.141. The second-order valence-electron chi connectivity index (χ2n) is 8.87. The van der Waals surface area contributed by atoms with Crippen LogP contribution in [0.15, 0.2) is 35.6 Å². The predicted molar refractivity (Wildman–Crippen MR) is 108 cm³/mol. The number of amides is 1. The standard InChI is InChI=1S/C21H19F5N6O2/c22-16(23)9-32-17-14(8-29-32)28-11-31(19(17)34)13-6-20(7-13)2-4-30(10-20)18(33)12-1-3-27-15(5-12)21(24,25)26/h1,3,5,8,11,13,16H,2,4,6-7,9-10H2. The Kier molecular flexibility index (Phi) is 5.17. The first-order chi connectivity index (χ1) is 16.1. The lowest BCUT2D eigenvalue weighted by Gasteiger charge is -2.45. The molecule has 0 radical (unpaired) electrons. The third-order valence-corrected chi connectivity index (χ3v) is 6.64. The normalized spacial score (nSPS) is 22.6. The minimum atomic E-state index is -4.64. The monoisotopic (exact) mass is 482 g/mol. The molecule has 1 aliphatic carbocycles. The van der Waals surface area contributed by atoms with Gasteiger partial charge in [-0.25, -0.2) is 13.8 Å². The Labute approximate surface area is 189 Å². The summed E-state index contributed by atoms with van der Waals surface area (Å²) in [5.41, 5.74) is -1.64. The molecule has 4 heterocycles. The van der Waals surface area contributed by atoms with Gasteiger partial charge in [-0.2, -0.15) is 18.3 Å². The van der Waals surface area contributed by atoms with E-state index in [1.165, 1.54) is 28.1 Å². The van der Waals surface area contributed by atoms with Crippen molar-refractivity contribution in [3.05, 3.63) is 52.5 Å². The number of carbonyl (C=O) groups excluding carboxylic acids is 1. The lowest BCUT2D eigenvalue weighted by Crippen LogP contribution is -2.44. The van der Waals surface area contributed by atoms with Gasteiger partial charge < -0.3 is 4.90 Å². The van der Waals surface area contributed by atoms with Crippen LogP contribution in [-0.2, 0) is 12.7 Å². The van der Waals surface area contributed by atoms with Crippen molar-refractivity contribution >= 4 is 16.9 Å². The third kappa shape index (κ3) is 3.82. The van der Waals surface area contributed by atoms with Crippen molar-refractivity contribution in [3.8, 4) is 0 Å². The smallest absolute Gasteiger partial charge is 0.338 e. The van der Waals surface area contributed by atoms with E-state index in [1.807, 2.05) is 0 Å². The number of aromatic nitrogens is 5. The molecule has 34 heavy (non-hydrogen) atoms. The topological polar surface area (TPSA) is 85.9 Å². The van der Waals surface area contributed by atoms with Crippen molar-refractivity contribution in [2.75, 3.05) is 13.1 Å². The SMILES string of the molecule is O=C(c1ccnc(C(F)(F)F)c1)N1CCC2(CC(n3cnc4cnn(CC(F)F)c4c3=O)C2)C1. The summed E-state index contributed by atoms with van der Waals surface area (Å²) in [5, 5.41) is 3.83. The molecular weight excluding hydrogens is 463 g/mol. The van der Waals surface area contributed by atoms with E-state index < -0.39 is 36.3 Å². The summed E-state index contributed by atoms with van der Waals surface area (Å²) in [7, 11) is 0. The highest BCUT2D eigenvalue weighted by Gasteiger charge is 2.50. The molecule has 1 aliphatic heterocycles. The number of fused-ring (bicyclic) bond motifs is 1. The zero-order valence-corrected chi connectivity index (χ0v) is 17.7. The van der Waals surface area contributed by atoms with Crippen LogP contribution in [0.5, 0.6) is 0 Å². The summed E-state index contributed by atoms with van der Waals surface area (Å²) in [6, 6.07) is 1.79. The number of likely N-dealkylation sites (tertiary alicyclic amines) is 1. The molecule has 0 atom stereocenters. The molecule has 1 saturated carbocycles. The maximum absolute atomic E-state index is 13.0. The maximum Gasteiger partial charge on any atom is 0.433 e. The van der Waals surface area contributed by atoms with Gasteiger partial charge >= 0.3 is 6.18 Å². The molecule has 0 unspecified atom stereocenters. The van der Waals surface area contributed by atoms with Crippen LogP contribution < -0.4 is 5.56 Å². The average Bonchev–Trinajstić information content (AvgIpc) is 3.37. The van der Waals surface area contributed by atoms with Gasteiger partial charge in [-0.05, 0) is 36.8 Å². The van der Waals surface area contributed by atoms with E-state index >= 15 is 0 Å². The highest BCUT2D eigenvalue weighted by molar-refractivity contribution is 5.94. The van der Waals surface area contributed by atoms with Crippen LogP contribution in [0.25, 0.3) is 11.0 Å². The largest absolute Gasteiger partial charge is 0.433 e. The molecular formula is C21H19F5N6O2. The number of nitrogens with zero attached hydrogens (tertiary/aromatic N) is 6. The summed E-state index contributed by atoms with van der Waals surface area (Å²) in [4.78, 5) is 34.7. The number of halogens is 5. The van der Waals surface area contributed by atoms with Crippen molar-refractivity contribution in [2.24, 2.45) is 5.41 Å². The molecule has 5 rings (SSSR count). The molecule has 8 nitrogen and oxygen atoms in total. The second-order valence-corrected chi connectivity index (χ2v) is 8.87. The molecule has 2 fully saturated rings. The molecule has 3 aromatic heterocycles. The predicted octanol–water partition coefficient (Wildman–Crippen LogP) is 3.14. The Morgan fingerprint density at radius 1 is 1.24 bits per heavy atom. The Morgan fingerprint density at radius 3 is 2.71 bits per heavy atom. The molecule has 1 spiro atoms. The molecule has 2 aliphatic rings. The van der Waals surface area contributed by atoms with Gasteiger partial charge in [0.05, 0.1) is 12.5 Å². The zero-order chi connectivity index (χ0) is 24.3. The highest BCUT2D eigenvalue weighted by atomic mass is 19.4. The van der Waals surface area contributed by atoms with E-state index in [2.05, 4.69) is 15.1 Å². The number of carbonyl (C=O) groups is 1. The molecule has 3 aromatic rings. The van der Waals surface area contributed by atoms with Gasteiger partial charge in [0.25, 0.3) is 17.9 Å². The minimum Gasteiger partial charge on any atom is -0.338 e. The van der Waals surface area contributed by atoms with Crippen LogP contribution in [0.2, 0.25) is 0 Å². The average molecular weight is 482 g/mol. The molecule has 0 bridgehead atoms. The molecule has 1 saturated heterocycles. The number of hydrogen-bond acceptors (Lipinski definition) is 5. The number of rotatable bonds is 4. The van der Waals surface area contributed by atoms with Crippen molar-refractivity contribution < 1.29 is 26.7 Å². The van der Waals surface area contributed by atoms with E-state index in [9.17, 15) is 31.5 Å². The summed E-state index contributed by atoms with van der Waals surface area (Å²) < 4.78 is 66.8. The van der Waals surface area contributed by atoms with Gasteiger partial charge in [0, 0.05) is 30.9 Å². The van der Waals surface area contributed by atoms with Crippen molar-refractivity contribution in [1.29, 1.82) is 0 Å². The first kappa shape index (κ1) is 22.4.